The highest BCUT2D eigenvalue weighted by molar-refractivity contribution is 7.22. The Bertz CT molecular complexity index is 1210. The number of ether oxygens (including phenoxy) is 1. The molecule has 0 spiro atoms. The minimum atomic E-state index is 0.397. The van der Waals surface area contributed by atoms with E-state index in [9.17, 15) is 0 Å². The first-order chi connectivity index (χ1) is 14.0. The quantitative estimate of drug-likeness (QED) is 0.522. The fourth-order valence-electron chi connectivity index (χ4n) is 3.90. The van der Waals surface area contributed by atoms with Crippen LogP contribution in [0.15, 0.2) is 30.3 Å². The van der Waals surface area contributed by atoms with E-state index in [2.05, 4.69) is 59.6 Å². The van der Waals surface area contributed by atoms with Crippen molar-refractivity contribution in [3.05, 3.63) is 30.3 Å². The largest absolute Gasteiger partial charge is 0.491 e. The van der Waals surface area contributed by atoms with Gasteiger partial charge in [0.05, 0.1) is 22.3 Å². The smallest absolute Gasteiger partial charge is 0.181 e. The van der Waals surface area contributed by atoms with Gasteiger partial charge in [-0.2, -0.15) is 0 Å². The van der Waals surface area contributed by atoms with Crippen molar-refractivity contribution >= 4 is 43.4 Å². The van der Waals surface area contributed by atoms with Gasteiger partial charge in [-0.1, -0.05) is 11.3 Å². The number of nitrogens with two attached hydrogens (primary N) is 1. The number of aromatic nitrogens is 3. The highest BCUT2D eigenvalue weighted by Gasteiger charge is 2.21. The van der Waals surface area contributed by atoms with Crippen LogP contribution >= 0.6 is 11.3 Å². The average Bonchev–Trinajstić information content (AvgIpc) is 3.23. The Hall–Kier alpha value is -2.80. The summed E-state index contributed by atoms with van der Waals surface area (Å²) in [6.45, 7) is 6.06. The average molecular weight is 408 g/mol. The van der Waals surface area contributed by atoms with E-state index in [1.54, 1.807) is 0 Å². The van der Waals surface area contributed by atoms with E-state index < -0.39 is 0 Å². The molecular formula is C22H25N5OS. The van der Waals surface area contributed by atoms with Crippen molar-refractivity contribution in [3.63, 3.8) is 0 Å². The molecule has 1 aliphatic rings. The van der Waals surface area contributed by atoms with Crippen LogP contribution in [0.4, 0.5) is 10.8 Å². The third-order valence-corrected chi connectivity index (χ3v) is 6.52. The number of fused-ring (bicyclic) bond motifs is 1. The van der Waals surface area contributed by atoms with Crippen molar-refractivity contribution in [2.24, 2.45) is 0 Å². The van der Waals surface area contributed by atoms with Gasteiger partial charge in [-0.3, -0.25) is 0 Å². The highest BCUT2D eigenvalue weighted by atomic mass is 32.1. The summed E-state index contributed by atoms with van der Waals surface area (Å²) < 4.78 is 9.58. The standard InChI is InChI=1S/C22H25N5OS/c1-13(2)26(3)15-11-17-20-18(12-15)28-9-5-4-8-27(20)21(24-17)14-6-7-16-19(10-14)29-22(23)25-16/h6-7,10-13H,4-5,8-9H2,1-3H3,(H2,23,25). The van der Waals surface area contributed by atoms with E-state index in [4.69, 9.17) is 15.5 Å². The lowest BCUT2D eigenvalue weighted by atomic mass is 10.2. The Kier molecular flexibility index (Phi) is 4.35. The number of anilines is 2. The van der Waals surface area contributed by atoms with Crippen molar-refractivity contribution in [3.8, 4) is 17.1 Å². The van der Waals surface area contributed by atoms with Gasteiger partial charge in [-0.25, -0.2) is 9.97 Å². The van der Waals surface area contributed by atoms with Crippen LogP contribution in [0.2, 0.25) is 0 Å². The van der Waals surface area contributed by atoms with Crippen LogP contribution in [0.25, 0.3) is 32.6 Å². The molecule has 6 nitrogen and oxygen atoms in total. The van der Waals surface area contributed by atoms with Crippen molar-refractivity contribution in [2.45, 2.75) is 39.3 Å². The number of thiazole rings is 1. The molecule has 7 heteroatoms. The minimum absolute atomic E-state index is 0.397. The zero-order valence-corrected chi connectivity index (χ0v) is 17.8. The van der Waals surface area contributed by atoms with E-state index in [0.717, 1.165) is 70.1 Å². The molecule has 150 valence electrons. The first-order valence-electron chi connectivity index (χ1n) is 10.1. The Morgan fingerprint density at radius 2 is 2.00 bits per heavy atom. The molecule has 0 aliphatic carbocycles. The molecule has 2 N–H and O–H groups in total. The number of aryl methyl sites for hydroxylation is 1. The van der Waals surface area contributed by atoms with Gasteiger partial charge in [-0.15, -0.1) is 0 Å². The molecule has 0 bridgehead atoms. The zero-order valence-electron chi connectivity index (χ0n) is 17.0. The van der Waals surface area contributed by atoms with Gasteiger partial charge in [0.15, 0.2) is 5.13 Å². The maximum atomic E-state index is 6.18. The molecule has 0 saturated heterocycles. The Morgan fingerprint density at radius 1 is 1.14 bits per heavy atom. The van der Waals surface area contributed by atoms with E-state index in [0.29, 0.717) is 11.2 Å². The summed E-state index contributed by atoms with van der Waals surface area (Å²) in [6, 6.07) is 11.0. The zero-order chi connectivity index (χ0) is 20.1. The van der Waals surface area contributed by atoms with Gasteiger partial charge in [0.25, 0.3) is 0 Å². The van der Waals surface area contributed by atoms with E-state index in [1.165, 1.54) is 11.3 Å². The number of hydrogen-bond acceptors (Lipinski definition) is 6. The van der Waals surface area contributed by atoms with Crippen molar-refractivity contribution in [1.29, 1.82) is 0 Å². The maximum Gasteiger partial charge on any atom is 0.181 e. The summed E-state index contributed by atoms with van der Waals surface area (Å²) >= 11 is 1.51. The predicted octanol–water partition coefficient (Wildman–Crippen LogP) is 4.91. The van der Waals surface area contributed by atoms with Gasteiger partial charge in [-0.05, 0) is 51.0 Å². The summed E-state index contributed by atoms with van der Waals surface area (Å²) in [5.41, 5.74) is 11.1. The topological polar surface area (TPSA) is 69.2 Å². The van der Waals surface area contributed by atoms with E-state index in [-0.39, 0.29) is 0 Å². The van der Waals surface area contributed by atoms with Gasteiger partial charge in [0.2, 0.25) is 0 Å². The Labute approximate surface area is 173 Å². The number of benzene rings is 2. The summed E-state index contributed by atoms with van der Waals surface area (Å²) in [5.74, 6) is 1.90. The van der Waals surface area contributed by atoms with Crippen molar-refractivity contribution in [2.75, 3.05) is 24.3 Å². The van der Waals surface area contributed by atoms with Crippen LogP contribution in [-0.4, -0.2) is 34.2 Å². The molecule has 2 aromatic heterocycles. The molecule has 3 heterocycles. The molecule has 5 rings (SSSR count). The second-order valence-corrected chi connectivity index (χ2v) is 8.96. The molecule has 0 fully saturated rings. The Morgan fingerprint density at radius 3 is 2.83 bits per heavy atom. The minimum Gasteiger partial charge on any atom is -0.491 e. The lowest BCUT2D eigenvalue weighted by Gasteiger charge is -2.25. The maximum absolute atomic E-state index is 6.18. The second kappa shape index (κ2) is 6.91. The van der Waals surface area contributed by atoms with Gasteiger partial charge < -0.3 is 19.9 Å². The van der Waals surface area contributed by atoms with Crippen LogP contribution in [0.3, 0.4) is 0 Å². The molecule has 29 heavy (non-hydrogen) atoms. The predicted molar refractivity (Wildman–Crippen MR) is 121 cm³/mol. The van der Waals surface area contributed by atoms with Gasteiger partial charge in [0, 0.05) is 37.0 Å². The molecule has 0 amide bonds. The first kappa shape index (κ1) is 18.2. The number of imidazole rings is 1. The number of nitrogens with zero attached hydrogens (tertiary/aromatic N) is 4. The molecular weight excluding hydrogens is 382 g/mol. The van der Waals surface area contributed by atoms with E-state index in [1.807, 2.05) is 6.07 Å². The molecule has 1 aliphatic heterocycles. The summed E-state index contributed by atoms with van der Waals surface area (Å²) in [7, 11) is 2.11. The van der Waals surface area contributed by atoms with Crippen LogP contribution in [0, 0.1) is 0 Å². The lowest BCUT2D eigenvalue weighted by Crippen LogP contribution is -2.25. The molecule has 0 saturated carbocycles. The molecule has 2 aromatic carbocycles. The monoisotopic (exact) mass is 407 g/mol. The highest BCUT2D eigenvalue weighted by Crippen LogP contribution is 2.38. The number of hydrogen-bond donors (Lipinski definition) is 1. The fraction of sp³-hybridized carbons (Fsp3) is 0.364. The van der Waals surface area contributed by atoms with Gasteiger partial charge in [0.1, 0.15) is 17.1 Å². The van der Waals surface area contributed by atoms with Crippen molar-refractivity contribution < 1.29 is 4.74 Å². The third kappa shape index (κ3) is 3.09. The Balaban J connectivity index is 1.73. The van der Waals surface area contributed by atoms with Crippen LogP contribution in [-0.2, 0) is 6.54 Å². The molecule has 0 unspecified atom stereocenters. The third-order valence-electron chi connectivity index (χ3n) is 5.67. The molecule has 0 radical (unpaired) electrons. The second-order valence-electron chi connectivity index (χ2n) is 7.89. The lowest BCUT2D eigenvalue weighted by molar-refractivity contribution is 0.299. The summed E-state index contributed by atoms with van der Waals surface area (Å²) in [6.07, 6.45) is 2.11. The number of rotatable bonds is 3. The van der Waals surface area contributed by atoms with Crippen LogP contribution in [0.5, 0.6) is 5.75 Å². The van der Waals surface area contributed by atoms with Crippen molar-refractivity contribution in [1.82, 2.24) is 14.5 Å². The molecule has 4 aromatic rings. The van der Waals surface area contributed by atoms with Crippen LogP contribution < -0.4 is 15.4 Å². The SMILES string of the molecule is CC(C)N(C)c1cc2c3c(c1)nc(-c1ccc4nc(N)sc4c1)n3CCCCO2. The normalized spacial score (nSPS) is 14.2. The molecule has 0 atom stereocenters. The van der Waals surface area contributed by atoms with Gasteiger partial charge >= 0.3 is 0 Å². The van der Waals surface area contributed by atoms with Crippen LogP contribution in [0.1, 0.15) is 26.7 Å². The summed E-state index contributed by atoms with van der Waals surface area (Å²) in [4.78, 5) is 11.7. The number of nitrogen functional groups attached to an aromatic ring is 1. The fourth-order valence-corrected chi connectivity index (χ4v) is 4.67. The first-order valence-corrected chi connectivity index (χ1v) is 10.9. The van der Waals surface area contributed by atoms with E-state index >= 15 is 0 Å². The summed E-state index contributed by atoms with van der Waals surface area (Å²) in [5, 5.41) is 0.595.